The SMILES string of the molecule is CC(C)CC(=O)c1ccc(OCCC(=O)C[C@H](CN2CCCC2)[C@H](O)c2ccc3c(c2)OCCO3)cc1. The van der Waals surface area contributed by atoms with Crippen molar-refractivity contribution in [1.82, 2.24) is 4.90 Å². The summed E-state index contributed by atoms with van der Waals surface area (Å²) in [6, 6.07) is 12.6. The second-order valence-electron chi connectivity index (χ2n) is 10.5. The number of carbonyl (C=O) groups excluding carboxylic acids is 2. The fourth-order valence-corrected chi connectivity index (χ4v) is 4.99. The Morgan fingerprint density at radius 3 is 2.38 bits per heavy atom. The first kappa shape index (κ1) is 27.1. The zero-order valence-electron chi connectivity index (χ0n) is 22.0. The van der Waals surface area contributed by atoms with Crippen LogP contribution in [0.1, 0.15) is 68.0 Å². The molecule has 37 heavy (non-hydrogen) atoms. The van der Waals surface area contributed by atoms with Gasteiger partial charge in [0.25, 0.3) is 0 Å². The van der Waals surface area contributed by atoms with Gasteiger partial charge in [0.1, 0.15) is 24.7 Å². The summed E-state index contributed by atoms with van der Waals surface area (Å²) < 4.78 is 17.1. The van der Waals surface area contributed by atoms with Gasteiger partial charge in [-0.15, -0.1) is 0 Å². The molecule has 1 saturated heterocycles. The Morgan fingerprint density at radius 2 is 1.68 bits per heavy atom. The highest BCUT2D eigenvalue weighted by atomic mass is 16.6. The van der Waals surface area contributed by atoms with Crippen molar-refractivity contribution in [3.63, 3.8) is 0 Å². The number of nitrogens with zero attached hydrogens (tertiary/aromatic N) is 1. The maximum absolute atomic E-state index is 12.9. The zero-order valence-corrected chi connectivity index (χ0v) is 22.0. The number of Topliss-reactive ketones (excluding diaryl/α,β-unsaturated/α-hetero) is 2. The lowest BCUT2D eigenvalue weighted by Gasteiger charge is -2.28. The maximum Gasteiger partial charge on any atom is 0.163 e. The monoisotopic (exact) mass is 509 g/mol. The van der Waals surface area contributed by atoms with Crippen LogP contribution >= 0.6 is 0 Å². The quantitative estimate of drug-likeness (QED) is 0.386. The number of hydrogen-bond donors (Lipinski definition) is 1. The van der Waals surface area contributed by atoms with Gasteiger partial charge in [-0.2, -0.15) is 0 Å². The van der Waals surface area contributed by atoms with E-state index in [9.17, 15) is 14.7 Å². The number of rotatable bonds is 13. The highest BCUT2D eigenvalue weighted by Crippen LogP contribution is 2.35. The van der Waals surface area contributed by atoms with E-state index in [2.05, 4.69) is 4.90 Å². The van der Waals surface area contributed by atoms with Crippen molar-refractivity contribution in [2.45, 2.75) is 52.1 Å². The zero-order chi connectivity index (χ0) is 26.2. The number of fused-ring (bicyclic) bond motifs is 1. The minimum Gasteiger partial charge on any atom is -0.493 e. The van der Waals surface area contributed by atoms with Crippen LogP contribution in [0.2, 0.25) is 0 Å². The van der Waals surface area contributed by atoms with Gasteiger partial charge in [-0.05, 0) is 73.8 Å². The predicted octanol–water partition coefficient (Wildman–Crippen LogP) is 4.86. The number of ketones is 2. The highest BCUT2D eigenvalue weighted by Gasteiger charge is 2.28. The van der Waals surface area contributed by atoms with Gasteiger partial charge in [0.05, 0.1) is 12.7 Å². The molecule has 7 heteroatoms. The third kappa shape index (κ3) is 7.79. The predicted molar refractivity (Wildman–Crippen MR) is 142 cm³/mol. The van der Waals surface area contributed by atoms with Crippen LogP contribution in [0, 0.1) is 11.8 Å². The van der Waals surface area contributed by atoms with Gasteiger partial charge in [0.15, 0.2) is 17.3 Å². The molecule has 2 aromatic rings. The van der Waals surface area contributed by atoms with E-state index < -0.39 is 6.10 Å². The van der Waals surface area contributed by atoms with Crippen LogP contribution in [0.25, 0.3) is 0 Å². The molecule has 2 aliphatic heterocycles. The molecule has 7 nitrogen and oxygen atoms in total. The summed E-state index contributed by atoms with van der Waals surface area (Å²) in [5.74, 6) is 2.24. The summed E-state index contributed by atoms with van der Waals surface area (Å²) in [4.78, 5) is 27.5. The molecule has 0 bridgehead atoms. The highest BCUT2D eigenvalue weighted by molar-refractivity contribution is 5.96. The van der Waals surface area contributed by atoms with Gasteiger partial charge in [0.2, 0.25) is 0 Å². The first-order valence-electron chi connectivity index (χ1n) is 13.5. The van der Waals surface area contributed by atoms with Gasteiger partial charge in [-0.25, -0.2) is 0 Å². The van der Waals surface area contributed by atoms with Crippen LogP contribution in [-0.4, -0.2) is 61.0 Å². The Kier molecular flexibility index (Phi) is 9.58. The van der Waals surface area contributed by atoms with E-state index in [-0.39, 0.29) is 36.9 Å². The Balaban J connectivity index is 1.32. The maximum atomic E-state index is 12.9. The summed E-state index contributed by atoms with van der Waals surface area (Å²) in [5, 5.41) is 11.3. The Morgan fingerprint density at radius 1 is 0.973 bits per heavy atom. The van der Waals surface area contributed by atoms with Crippen molar-refractivity contribution in [3.8, 4) is 17.2 Å². The fourth-order valence-electron chi connectivity index (χ4n) is 4.99. The normalized spacial score (nSPS) is 17.0. The molecule has 0 aliphatic carbocycles. The van der Waals surface area contributed by atoms with Gasteiger partial charge < -0.3 is 24.2 Å². The first-order chi connectivity index (χ1) is 17.9. The number of carbonyl (C=O) groups is 2. The summed E-state index contributed by atoms with van der Waals surface area (Å²) in [5.41, 5.74) is 1.42. The lowest BCUT2D eigenvalue weighted by molar-refractivity contribution is -0.121. The summed E-state index contributed by atoms with van der Waals surface area (Å²) in [6.45, 7) is 7.98. The molecule has 0 aromatic heterocycles. The summed E-state index contributed by atoms with van der Waals surface area (Å²) >= 11 is 0. The van der Waals surface area contributed by atoms with Crippen LogP contribution < -0.4 is 14.2 Å². The van der Waals surface area contributed by atoms with Crippen LogP contribution in [-0.2, 0) is 4.79 Å². The van der Waals surface area contributed by atoms with Crippen molar-refractivity contribution in [1.29, 1.82) is 0 Å². The van der Waals surface area contributed by atoms with Crippen LogP contribution in [0.15, 0.2) is 42.5 Å². The molecular formula is C30H39NO6. The first-order valence-corrected chi connectivity index (χ1v) is 13.5. The smallest absolute Gasteiger partial charge is 0.163 e. The van der Waals surface area contributed by atoms with Crippen molar-refractivity contribution in [2.75, 3.05) is 39.5 Å². The Hall–Kier alpha value is -2.90. The van der Waals surface area contributed by atoms with Crippen molar-refractivity contribution < 1.29 is 28.9 Å². The number of ether oxygens (including phenoxy) is 3. The van der Waals surface area contributed by atoms with E-state index in [0.717, 1.165) is 31.5 Å². The number of aliphatic hydroxyl groups is 1. The molecule has 2 aromatic carbocycles. The van der Waals surface area contributed by atoms with E-state index in [4.69, 9.17) is 14.2 Å². The van der Waals surface area contributed by atoms with E-state index in [1.807, 2.05) is 32.0 Å². The van der Waals surface area contributed by atoms with Crippen LogP contribution in [0.4, 0.5) is 0 Å². The van der Waals surface area contributed by atoms with Gasteiger partial charge >= 0.3 is 0 Å². The van der Waals surface area contributed by atoms with Crippen molar-refractivity contribution >= 4 is 11.6 Å². The Bertz CT molecular complexity index is 1040. The average molecular weight is 510 g/mol. The topological polar surface area (TPSA) is 85.3 Å². The second kappa shape index (κ2) is 13.1. The van der Waals surface area contributed by atoms with Gasteiger partial charge in [0, 0.05) is 37.3 Å². The number of aliphatic hydroxyl groups excluding tert-OH is 1. The van der Waals surface area contributed by atoms with Crippen molar-refractivity contribution in [3.05, 3.63) is 53.6 Å². The van der Waals surface area contributed by atoms with E-state index >= 15 is 0 Å². The molecule has 2 aliphatic rings. The number of hydrogen-bond acceptors (Lipinski definition) is 7. The molecule has 0 spiro atoms. The minimum atomic E-state index is -0.780. The minimum absolute atomic E-state index is 0.0597. The number of benzene rings is 2. The lowest BCUT2D eigenvalue weighted by Crippen LogP contribution is -2.32. The standard InChI is InChI=1S/C30H39NO6/c1-21(2)17-27(33)22-5-8-26(9-6-22)35-14-11-25(32)18-24(20-31-12-3-4-13-31)30(34)23-7-10-28-29(19-23)37-16-15-36-28/h5-10,19,21,24,30,34H,3-4,11-18,20H2,1-2H3/t24-,30-/m1/s1. The van der Waals surface area contributed by atoms with Gasteiger partial charge in [-0.3, -0.25) is 9.59 Å². The molecule has 2 heterocycles. The van der Waals surface area contributed by atoms with Crippen LogP contribution in [0.3, 0.4) is 0 Å². The second-order valence-corrected chi connectivity index (χ2v) is 10.5. The third-order valence-corrected chi connectivity index (χ3v) is 6.96. The molecule has 0 saturated carbocycles. The molecule has 0 radical (unpaired) electrons. The van der Waals surface area contributed by atoms with E-state index in [1.54, 1.807) is 24.3 Å². The molecular weight excluding hydrogens is 470 g/mol. The fraction of sp³-hybridized carbons (Fsp3) is 0.533. The average Bonchev–Trinajstić information content (AvgIpc) is 3.41. The summed E-state index contributed by atoms with van der Waals surface area (Å²) in [7, 11) is 0. The lowest BCUT2D eigenvalue weighted by atomic mass is 9.89. The van der Waals surface area contributed by atoms with Crippen molar-refractivity contribution in [2.24, 2.45) is 11.8 Å². The number of likely N-dealkylation sites (tertiary alicyclic amines) is 1. The Labute approximate surface area is 219 Å². The molecule has 4 rings (SSSR count). The van der Waals surface area contributed by atoms with Crippen LogP contribution in [0.5, 0.6) is 17.2 Å². The molecule has 0 unspecified atom stereocenters. The van der Waals surface area contributed by atoms with E-state index in [1.165, 1.54) is 0 Å². The molecule has 2 atom stereocenters. The molecule has 200 valence electrons. The molecule has 1 fully saturated rings. The summed E-state index contributed by atoms with van der Waals surface area (Å²) in [6.07, 6.45) is 2.58. The van der Waals surface area contributed by atoms with Gasteiger partial charge in [-0.1, -0.05) is 19.9 Å². The third-order valence-electron chi connectivity index (χ3n) is 6.96. The largest absolute Gasteiger partial charge is 0.493 e. The van der Waals surface area contributed by atoms with E-state index in [0.29, 0.717) is 54.9 Å². The molecule has 0 amide bonds. The molecule has 1 N–H and O–H groups in total.